The molecule has 3 saturated heterocycles. The van der Waals surface area contributed by atoms with E-state index in [2.05, 4.69) is 15.5 Å². The molecule has 6 fully saturated rings. The molecule has 226 valence electrons. The number of nitrogens with one attached hydrogen (secondary N) is 1. The smallest absolute Gasteiger partial charge is 0.246 e. The van der Waals surface area contributed by atoms with Gasteiger partial charge in [0.05, 0.1) is 42.9 Å². The average molecular weight is 563 g/mol. The second-order valence-electron chi connectivity index (χ2n) is 13.5. The molecule has 0 radical (unpaired) electrons. The number of nitrogens with zero attached hydrogens (tertiary/aromatic N) is 1. The lowest BCUT2D eigenvalue weighted by atomic mass is 9.64. The summed E-state index contributed by atoms with van der Waals surface area (Å²) in [6.45, 7) is 2.00. The molecule has 3 aliphatic heterocycles. The summed E-state index contributed by atoms with van der Waals surface area (Å²) in [5.41, 5.74) is 0. The second-order valence-corrected chi connectivity index (χ2v) is 13.5. The van der Waals surface area contributed by atoms with E-state index in [1.165, 1.54) is 12.8 Å². The Morgan fingerprint density at radius 1 is 0.900 bits per heavy atom. The van der Waals surface area contributed by atoms with Gasteiger partial charge in [0.15, 0.2) is 0 Å². The quantitative estimate of drug-likeness (QED) is 0.442. The summed E-state index contributed by atoms with van der Waals surface area (Å²) in [5, 5.41) is 5.63. The van der Waals surface area contributed by atoms with E-state index in [1.807, 2.05) is 0 Å². The molecule has 10 atom stereocenters. The van der Waals surface area contributed by atoms with Crippen molar-refractivity contribution in [1.29, 1.82) is 0 Å². The maximum absolute atomic E-state index is 14.2. The third-order valence-electron chi connectivity index (χ3n) is 11.8. The van der Waals surface area contributed by atoms with E-state index in [1.54, 1.807) is 21.3 Å². The normalized spacial score (nSPS) is 44.5. The SMILES string of the molecule is COC1CCC(CCNC(=O)COC2CCC3C(C2)C2CC[NH2+]C4C5CCC(OC)C(OC)C5C(=O)N3C24)CC1. The zero-order valence-electron chi connectivity index (χ0n) is 24.8. The van der Waals surface area contributed by atoms with Crippen LogP contribution in [0.4, 0.5) is 0 Å². The fraction of sp³-hybridized carbons (Fsp3) is 0.935. The van der Waals surface area contributed by atoms with Crippen molar-refractivity contribution in [3.05, 3.63) is 0 Å². The van der Waals surface area contributed by atoms with Crippen molar-refractivity contribution in [1.82, 2.24) is 10.2 Å². The van der Waals surface area contributed by atoms with Crippen LogP contribution in [0, 0.1) is 29.6 Å². The van der Waals surface area contributed by atoms with Crippen LogP contribution < -0.4 is 10.6 Å². The van der Waals surface area contributed by atoms with Gasteiger partial charge in [-0.2, -0.15) is 0 Å². The molecule has 9 heteroatoms. The Bertz CT molecular complexity index is 896. The highest BCUT2D eigenvalue weighted by Gasteiger charge is 2.66. The highest BCUT2D eigenvalue weighted by Crippen LogP contribution is 2.53. The van der Waals surface area contributed by atoms with Crippen LogP contribution in [-0.2, 0) is 28.5 Å². The molecule has 3 N–H and O–H groups in total. The number of amides is 2. The van der Waals surface area contributed by atoms with Gasteiger partial charge in [-0.1, -0.05) is 0 Å². The Balaban J connectivity index is 1.03. The van der Waals surface area contributed by atoms with Crippen LogP contribution in [-0.4, -0.2) is 100 Å². The molecule has 40 heavy (non-hydrogen) atoms. The van der Waals surface area contributed by atoms with Crippen LogP contribution >= 0.6 is 0 Å². The van der Waals surface area contributed by atoms with E-state index < -0.39 is 0 Å². The van der Waals surface area contributed by atoms with Crippen molar-refractivity contribution in [3.63, 3.8) is 0 Å². The molecule has 0 spiro atoms. The molecule has 3 aliphatic carbocycles. The van der Waals surface area contributed by atoms with E-state index in [0.29, 0.717) is 53.8 Å². The Hall–Kier alpha value is -1.26. The Kier molecular flexibility index (Phi) is 9.04. The number of ether oxygens (including phenoxy) is 4. The minimum atomic E-state index is -0.163. The fourth-order valence-corrected chi connectivity index (χ4v) is 9.97. The first-order chi connectivity index (χ1) is 19.5. The predicted octanol–water partition coefficient (Wildman–Crippen LogP) is 1.48. The van der Waals surface area contributed by atoms with Gasteiger partial charge in [0.2, 0.25) is 11.8 Å². The number of rotatable bonds is 9. The molecule has 0 bridgehead atoms. The Morgan fingerprint density at radius 3 is 2.45 bits per heavy atom. The van der Waals surface area contributed by atoms with Crippen LogP contribution in [0.1, 0.15) is 70.6 Å². The lowest BCUT2D eigenvalue weighted by Gasteiger charge is -2.53. The molecular formula is C31H52N3O6+. The number of hydrogen-bond acceptors (Lipinski definition) is 6. The fourth-order valence-electron chi connectivity index (χ4n) is 9.97. The summed E-state index contributed by atoms with van der Waals surface area (Å²) < 4.78 is 23.4. The van der Waals surface area contributed by atoms with Gasteiger partial charge < -0.3 is 34.5 Å². The van der Waals surface area contributed by atoms with Gasteiger partial charge in [-0.15, -0.1) is 0 Å². The average Bonchev–Trinajstić information content (AvgIpc) is 3.33. The zero-order chi connectivity index (χ0) is 27.8. The van der Waals surface area contributed by atoms with Crippen molar-refractivity contribution in [2.45, 2.75) is 113 Å². The minimum Gasteiger partial charge on any atom is -0.381 e. The van der Waals surface area contributed by atoms with Gasteiger partial charge in [0.25, 0.3) is 0 Å². The van der Waals surface area contributed by atoms with E-state index in [4.69, 9.17) is 18.9 Å². The first-order valence-corrected chi connectivity index (χ1v) is 16.2. The minimum absolute atomic E-state index is 0.00132. The van der Waals surface area contributed by atoms with Crippen LogP contribution in [0.3, 0.4) is 0 Å². The molecule has 10 unspecified atom stereocenters. The summed E-state index contributed by atoms with van der Waals surface area (Å²) in [6, 6.07) is 1.08. The Labute approximate surface area is 239 Å². The third-order valence-corrected chi connectivity index (χ3v) is 11.8. The highest BCUT2D eigenvalue weighted by molar-refractivity contribution is 5.82. The van der Waals surface area contributed by atoms with Gasteiger partial charge in [-0.05, 0) is 82.0 Å². The van der Waals surface area contributed by atoms with Crippen molar-refractivity contribution in [2.75, 3.05) is 41.0 Å². The number of piperidine rings is 2. The van der Waals surface area contributed by atoms with E-state index >= 15 is 0 Å². The third kappa shape index (κ3) is 5.34. The first kappa shape index (κ1) is 28.8. The van der Waals surface area contributed by atoms with Gasteiger partial charge in [0, 0.05) is 46.3 Å². The first-order valence-electron chi connectivity index (χ1n) is 16.2. The number of quaternary nitrogens is 1. The number of fused-ring (bicyclic) bond motifs is 5. The van der Waals surface area contributed by atoms with Gasteiger partial charge >= 0.3 is 0 Å². The van der Waals surface area contributed by atoms with Crippen LogP contribution in [0.5, 0.6) is 0 Å². The number of methoxy groups -OCH3 is 3. The number of carbonyl (C=O) groups excluding carboxylic acids is 2. The lowest BCUT2D eigenvalue weighted by molar-refractivity contribution is -0.713. The predicted molar refractivity (Wildman–Crippen MR) is 148 cm³/mol. The van der Waals surface area contributed by atoms with E-state index in [-0.39, 0.29) is 36.7 Å². The lowest BCUT2D eigenvalue weighted by Crippen LogP contribution is -2.99. The summed E-state index contributed by atoms with van der Waals surface area (Å²) >= 11 is 0. The van der Waals surface area contributed by atoms with Crippen LogP contribution in [0.15, 0.2) is 0 Å². The van der Waals surface area contributed by atoms with Crippen molar-refractivity contribution >= 4 is 11.8 Å². The monoisotopic (exact) mass is 562 g/mol. The van der Waals surface area contributed by atoms with Crippen LogP contribution in [0.25, 0.3) is 0 Å². The summed E-state index contributed by atoms with van der Waals surface area (Å²) in [6.07, 6.45) is 12.0. The van der Waals surface area contributed by atoms with Crippen LogP contribution in [0.2, 0.25) is 0 Å². The second kappa shape index (κ2) is 12.5. The standard InChI is InChI=1S/C31H51N3O6/c1-37-19-6-4-18(5-7-19)12-14-32-26(35)17-40-20-8-10-24-23(16-20)21-13-15-33-28-22-9-11-25(38-2)30(39-3)27(22)31(36)34(24)29(21)28/h18-25,27-30,33H,4-17H2,1-3H3,(H,32,35)/p+1. The maximum atomic E-state index is 14.2. The summed E-state index contributed by atoms with van der Waals surface area (Å²) in [4.78, 5) is 29.1. The molecule has 3 heterocycles. The number of nitrogens with two attached hydrogens (primary N) is 1. The van der Waals surface area contributed by atoms with Gasteiger partial charge in [-0.25, -0.2) is 0 Å². The topological polar surface area (TPSA) is 103 Å². The molecule has 6 rings (SSSR count). The van der Waals surface area contributed by atoms with Gasteiger partial charge in [-0.3, -0.25) is 9.59 Å². The summed E-state index contributed by atoms with van der Waals surface area (Å²) in [7, 11) is 5.29. The van der Waals surface area contributed by atoms with E-state index in [9.17, 15) is 9.59 Å². The molecule has 2 amide bonds. The summed E-state index contributed by atoms with van der Waals surface area (Å²) in [5.74, 6) is 2.26. The van der Waals surface area contributed by atoms with E-state index in [0.717, 1.165) is 70.9 Å². The van der Waals surface area contributed by atoms with Crippen molar-refractivity contribution in [2.24, 2.45) is 29.6 Å². The molecule has 9 nitrogen and oxygen atoms in total. The van der Waals surface area contributed by atoms with Crippen molar-refractivity contribution in [3.8, 4) is 0 Å². The molecule has 0 aromatic heterocycles. The van der Waals surface area contributed by atoms with Crippen molar-refractivity contribution < 1.29 is 33.9 Å². The zero-order valence-corrected chi connectivity index (χ0v) is 24.8. The number of carbonyl (C=O) groups is 2. The largest absolute Gasteiger partial charge is 0.381 e. The number of hydrogen-bond donors (Lipinski definition) is 2. The van der Waals surface area contributed by atoms with Gasteiger partial charge in [0.1, 0.15) is 12.6 Å². The Morgan fingerprint density at radius 2 is 1.70 bits per heavy atom. The molecule has 3 saturated carbocycles. The molecular weight excluding hydrogens is 510 g/mol. The maximum Gasteiger partial charge on any atom is 0.246 e. The molecule has 0 aromatic rings. The molecule has 6 aliphatic rings. The highest BCUT2D eigenvalue weighted by atomic mass is 16.5. The molecule has 0 aromatic carbocycles.